The first kappa shape index (κ1) is 30.2. The Hall–Kier alpha value is -2.00. The largest absolute Gasteiger partial charge is 0.508 e. The summed E-state index contributed by atoms with van der Waals surface area (Å²) in [6, 6.07) is 16.5. The van der Waals surface area contributed by atoms with Crippen molar-refractivity contribution in [3.63, 3.8) is 0 Å². The summed E-state index contributed by atoms with van der Waals surface area (Å²) in [7, 11) is 0. The molecule has 0 bridgehead atoms. The Morgan fingerprint density at radius 2 is 1.33 bits per heavy atom. The molecule has 0 amide bonds. The van der Waals surface area contributed by atoms with Crippen LogP contribution in [0.4, 0.5) is 0 Å². The van der Waals surface area contributed by atoms with E-state index in [0.717, 1.165) is 25.0 Å². The van der Waals surface area contributed by atoms with Crippen LogP contribution in [-0.4, -0.2) is 18.0 Å². The SMILES string of the molecule is CCOC(C)Oc1ccc(C(CC(C)CC(C)(C)C(CC(C)(C)C)c2ccc(O)cc2)C(C)C)cc1. The second-order valence-electron chi connectivity index (χ2n) is 13.0. The second kappa shape index (κ2) is 13.0. The Labute approximate surface area is 221 Å². The molecule has 0 saturated heterocycles. The van der Waals surface area contributed by atoms with E-state index in [-0.39, 0.29) is 17.1 Å². The van der Waals surface area contributed by atoms with Crippen LogP contribution in [0.25, 0.3) is 0 Å². The molecule has 3 nitrogen and oxygen atoms in total. The molecule has 4 atom stereocenters. The van der Waals surface area contributed by atoms with Gasteiger partial charge in [-0.3, -0.25) is 0 Å². The Morgan fingerprint density at radius 3 is 1.83 bits per heavy atom. The molecular formula is C33H52O3. The van der Waals surface area contributed by atoms with E-state index in [0.29, 0.717) is 36.0 Å². The molecule has 0 aliphatic heterocycles. The van der Waals surface area contributed by atoms with Gasteiger partial charge in [0.05, 0.1) is 0 Å². The molecule has 36 heavy (non-hydrogen) atoms. The van der Waals surface area contributed by atoms with Crippen LogP contribution in [0.15, 0.2) is 48.5 Å². The van der Waals surface area contributed by atoms with Gasteiger partial charge in [0.15, 0.2) is 6.29 Å². The summed E-state index contributed by atoms with van der Waals surface area (Å²) in [5.41, 5.74) is 3.08. The van der Waals surface area contributed by atoms with Gasteiger partial charge in [-0.1, -0.05) is 79.7 Å². The topological polar surface area (TPSA) is 38.7 Å². The summed E-state index contributed by atoms with van der Waals surface area (Å²) in [6.45, 7) is 23.5. The van der Waals surface area contributed by atoms with E-state index in [1.165, 1.54) is 11.1 Å². The number of benzene rings is 2. The lowest BCUT2D eigenvalue weighted by atomic mass is 9.64. The Morgan fingerprint density at radius 1 is 0.778 bits per heavy atom. The highest BCUT2D eigenvalue weighted by atomic mass is 16.7. The summed E-state index contributed by atoms with van der Waals surface area (Å²) in [6.07, 6.45) is 3.20. The normalized spacial score (nSPS) is 16.0. The van der Waals surface area contributed by atoms with Crippen molar-refractivity contribution in [1.29, 1.82) is 0 Å². The third kappa shape index (κ3) is 9.47. The molecule has 0 aliphatic rings. The first-order valence-corrected chi connectivity index (χ1v) is 13.9. The molecule has 2 rings (SSSR count). The van der Waals surface area contributed by atoms with Crippen LogP contribution in [0.1, 0.15) is 111 Å². The highest BCUT2D eigenvalue weighted by Crippen LogP contribution is 2.48. The Bertz CT molecular complexity index is 890. The van der Waals surface area contributed by atoms with E-state index in [9.17, 15) is 5.11 Å². The third-order valence-corrected chi connectivity index (χ3v) is 7.40. The van der Waals surface area contributed by atoms with Crippen molar-refractivity contribution < 1.29 is 14.6 Å². The first-order chi connectivity index (χ1) is 16.7. The molecule has 202 valence electrons. The van der Waals surface area contributed by atoms with Crippen LogP contribution in [-0.2, 0) is 4.74 Å². The number of rotatable bonds is 13. The molecule has 0 spiro atoms. The van der Waals surface area contributed by atoms with E-state index < -0.39 is 0 Å². The summed E-state index contributed by atoms with van der Waals surface area (Å²) in [4.78, 5) is 0. The number of ether oxygens (including phenoxy) is 2. The Kier molecular flexibility index (Phi) is 10.9. The van der Waals surface area contributed by atoms with Crippen molar-refractivity contribution in [3.05, 3.63) is 59.7 Å². The standard InChI is InChI=1S/C33H52O3/c1-11-35-25(5)36-29-18-14-26(15-19-29)30(23(2)3)20-24(4)21-33(9,10)31(22-32(6,7)8)27-12-16-28(34)17-13-27/h12-19,23-25,30-31,34H,11,20-22H2,1-10H3. The minimum atomic E-state index is -0.237. The van der Waals surface area contributed by atoms with Crippen LogP contribution >= 0.6 is 0 Å². The summed E-state index contributed by atoms with van der Waals surface area (Å²) < 4.78 is 11.4. The third-order valence-electron chi connectivity index (χ3n) is 7.40. The van der Waals surface area contributed by atoms with Gasteiger partial charge in [0.1, 0.15) is 11.5 Å². The van der Waals surface area contributed by atoms with Gasteiger partial charge in [-0.2, -0.15) is 0 Å². The van der Waals surface area contributed by atoms with Gasteiger partial charge in [0.25, 0.3) is 0 Å². The predicted molar refractivity (Wildman–Crippen MR) is 153 cm³/mol. The first-order valence-electron chi connectivity index (χ1n) is 13.9. The van der Waals surface area contributed by atoms with Crippen molar-refractivity contribution in [3.8, 4) is 11.5 Å². The van der Waals surface area contributed by atoms with Gasteiger partial charge < -0.3 is 14.6 Å². The molecular weight excluding hydrogens is 444 g/mol. The number of phenols is 1. The zero-order chi connectivity index (χ0) is 27.1. The second-order valence-corrected chi connectivity index (χ2v) is 13.0. The van der Waals surface area contributed by atoms with Crippen molar-refractivity contribution in [2.24, 2.45) is 22.7 Å². The molecule has 0 saturated carbocycles. The van der Waals surface area contributed by atoms with Crippen molar-refractivity contribution >= 4 is 0 Å². The lowest BCUT2D eigenvalue weighted by Gasteiger charge is -2.41. The summed E-state index contributed by atoms with van der Waals surface area (Å²) in [5.74, 6) is 3.28. The molecule has 2 aromatic rings. The molecule has 0 heterocycles. The number of hydrogen-bond acceptors (Lipinski definition) is 3. The average molecular weight is 497 g/mol. The van der Waals surface area contributed by atoms with Gasteiger partial charge >= 0.3 is 0 Å². The van der Waals surface area contributed by atoms with Crippen LogP contribution in [0, 0.1) is 22.7 Å². The summed E-state index contributed by atoms with van der Waals surface area (Å²) in [5, 5.41) is 9.85. The number of phenolic OH excluding ortho intramolecular Hbond substituents is 1. The smallest absolute Gasteiger partial charge is 0.196 e. The molecule has 0 radical (unpaired) electrons. The lowest BCUT2D eigenvalue weighted by molar-refractivity contribution is -0.0613. The van der Waals surface area contributed by atoms with Crippen LogP contribution < -0.4 is 4.74 Å². The van der Waals surface area contributed by atoms with Crippen molar-refractivity contribution in [2.45, 2.75) is 107 Å². The maximum absolute atomic E-state index is 9.85. The van der Waals surface area contributed by atoms with E-state index in [1.807, 2.05) is 26.0 Å². The molecule has 1 N–H and O–H groups in total. The zero-order valence-electron chi connectivity index (χ0n) is 24.6. The van der Waals surface area contributed by atoms with Gasteiger partial charge in [-0.15, -0.1) is 0 Å². The zero-order valence-corrected chi connectivity index (χ0v) is 24.6. The van der Waals surface area contributed by atoms with Gasteiger partial charge in [0.2, 0.25) is 0 Å². The highest BCUT2D eigenvalue weighted by molar-refractivity contribution is 5.31. The maximum Gasteiger partial charge on any atom is 0.196 e. The van der Waals surface area contributed by atoms with E-state index in [1.54, 1.807) is 0 Å². The fourth-order valence-electron chi connectivity index (χ4n) is 5.77. The van der Waals surface area contributed by atoms with Gasteiger partial charge in [-0.25, -0.2) is 0 Å². The fraction of sp³-hybridized carbons (Fsp3) is 0.636. The monoisotopic (exact) mass is 496 g/mol. The van der Waals surface area contributed by atoms with Gasteiger partial charge in [-0.05, 0) is 103 Å². The number of hydrogen-bond donors (Lipinski definition) is 1. The minimum Gasteiger partial charge on any atom is -0.508 e. The quantitative estimate of drug-likeness (QED) is 0.281. The molecule has 4 unspecified atom stereocenters. The van der Waals surface area contributed by atoms with Gasteiger partial charge in [0, 0.05) is 6.61 Å². The predicted octanol–water partition coefficient (Wildman–Crippen LogP) is 9.56. The molecule has 3 heteroatoms. The average Bonchev–Trinajstić information content (AvgIpc) is 2.76. The maximum atomic E-state index is 9.85. The Balaban J connectivity index is 2.17. The lowest BCUT2D eigenvalue weighted by Crippen LogP contribution is -2.29. The molecule has 0 aliphatic carbocycles. The van der Waals surface area contributed by atoms with Crippen LogP contribution in [0.2, 0.25) is 0 Å². The minimum absolute atomic E-state index is 0.137. The van der Waals surface area contributed by atoms with Crippen molar-refractivity contribution in [1.82, 2.24) is 0 Å². The highest BCUT2D eigenvalue weighted by Gasteiger charge is 2.35. The molecule has 2 aromatic carbocycles. The fourth-order valence-corrected chi connectivity index (χ4v) is 5.77. The van der Waals surface area contributed by atoms with E-state index in [4.69, 9.17) is 9.47 Å². The van der Waals surface area contributed by atoms with E-state index in [2.05, 4.69) is 91.8 Å². The van der Waals surface area contributed by atoms with Crippen molar-refractivity contribution in [2.75, 3.05) is 6.61 Å². The van der Waals surface area contributed by atoms with Crippen LogP contribution in [0.5, 0.6) is 11.5 Å². The summed E-state index contributed by atoms with van der Waals surface area (Å²) >= 11 is 0. The van der Waals surface area contributed by atoms with E-state index >= 15 is 0 Å². The van der Waals surface area contributed by atoms with Crippen LogP contribution in [0.3, 0.4) is 0 Å². The molecule has 0 fully saturated rings. The number of aromatic hydroxyl groups is 1. The molecule has 0 aromatic heterocycles.